The van der Waals surface area contributed by atoms with Crippen molar-refractivity contribution in [3.63, 3.8) is 0 Å². The summed E-state index contributed by atoms with van der Waals surface area (Å²) >= 11 is 11.9. The van der Waals surface area contributed by atoms with Crippen molar-refractivity contribution in [3.8, 4) is 0 Å². The number of hydrogen-bond acceptors (Lipinski definition) is 2. The molecule has 0 N–H and O–H groups in total. The summed E-state index contributed by atoms with van der Waals surface area (Å²) in [6.45, 7) is 0. The molecular weight excluding hydrogens is 322 g/mol. The lowest BCUT2D eigenvalue weighted by Crippen LogP contribution is -2.11. The molecule has 0 aromatic heterocycles. The van der Waals surface area contributed by atoms with Crippen molar-refractivity contribution in [1.29, 1.82) is 0 Å². The van der Waals surface area contributed by atoms with Gasteiger partial charge in [0.05, 0.1) is 31.5 Å². The van der Waals surface area contributed by atoms with Gasteiger partial charge in [-0.05, 0) is 36.4 Å². The number of carbonyl (C=O) groups excluding carboxylic acids is 1. The van der Waals surface area contributed by atoms with Crippen LogP contribution in [0.2, 0.25) is 10.0 Å². The maximum Gasteiger partial charge on any atom is 0.175 e. The van der Waals surface area contributed by atoms with Crippen molar-refractivity contribution in [2.45, 2.75) is 4.90 Å². The van der Waals surface area contributed by atoms with Crippen LogP contribution in [0.4, 0.5) is 4.39 Å². The van der Waals surface area contributed by atoms with Crippen LogP contribution in [0.25, 0.3) is 0 Å². The van der Waals surface area contributed by atoms with E-state index in [4.69, 9.17) is 23.2 Å². The molecular formula is C14H9Cl2FO2S. The van der Waals surface area contributed by atoms with Gasteiger partial charge in [0.25, 0.3) is 0 Å². The summed E-state index contributed by atoms with van der Waals surface area (Å²) in [6, 6.07) is 9.81. The Bertz CT molecular complexity index is 651. The summed E-state index contributed by atoms with van der Waals surface area (Å²) in [6.07, 6.45) is 0. The van der Waals surface area contributed by atoms with Gasteiger partial charge in [-0.3, -0.25) is 9.00 Å². The van der Waals surface area contributed by atoms with Gasteiger partial charge >= 0.3 is 0 Å². The van der Waals surface area contributed by atoms with Crippen molar-refractivity contribution < 1.29 is 13.4 Å². The molecule has 0 aliphatic carbocycles. The zero-order valence-electron chi connectivity index (χ0n) is 10.1. The molecule has 1 atom stereocenters. The third kappa shape index (κ3) is 3.45. The Morgan fingerprint density at radius 2 is 1.60 bits per heavy atom. The van der Waals surface area contributed by atoms with E-state index in [1.807, 2.05) is 0 Å². The van der Waals surface area contributed by atoms with E-state index >= 15 is 0 Å². The first-order valence-corrected chi connectivity index (χ1v) is 7.67. The second-order valence-electron chi connectivity index (χ2n) is 3.97. The molecule has 0 fully saturated rings. The topological polar surface area (TPSA) is 34.1 Å². The van der Waals surface area contributed by atoms with Crippen LogP contribution in [0.3, 0.4) is 0 Å². The molecule has 0 spiro atoms. The molecule has 2 rings (SSSR count). The summed E-state index contributed by atoms with van der Waals surface area (Å²) < 4.78 is 25.0. The van der Waals surface area contributed by atoms with E-state index < -0.39 is 16.6 Å². The second kappa shape index (κ2) is 6.48. The van der Waals surface area contributed by atoms with E-state index in [-0.39, 0.29) is 26.5 Å². The fourth-order valence-electron chi connectivity index (χ4n) is 1.61. The van der Waals surface area contributed by atoms with Crippen molar-refractivity contribution >= 4 is 39.8 Å². The highest BCUT2D eigenvalue weighted by molar-refractivity contribution is 7.86. The number of hydrogen-bond donors (Lipinski definition) is 0. The molecule has 2 aromatic carbocycles. The first-order valence-electron chi connectivity index (χ1n) is 5.60. The van der Waals surface area contributed by atoms with E-state index in [0.29, 0.717) is 5.56 Å². The van der Waals surface area contributed by atoms with Crippen LogP contribution in [0.5, 0.6) is 0 Å². The molecule has 20 heavy (non-hydrogen) atoms. The molecule has 1 unspecified atom stereocenters. The minimum Gasteiger partial charge on any atom is -0.293 e. The molecule has 0 bridgehead atoms. The third-order valence-electron chi connectivity index (χ3n) is 2.57. The monoisotopic (exact) mass is 330 g/mol. The smallest absolute Gasteiger partial charge is 0.175 e. The van der Waals surface area contributed by atoms with E-state index in [2.05, 4.69) is 0 Å². The highest BCUT2D eigenvalue weighted by Gasteiger charge is 2.17. The molecule has 0 radical (unpaired) electrons. The lowest BCUT2D eigenvalue weighted by atomic mass is 10.1. The predicted molar refractivity (Wildman–Crippen MR) is 78.5 cm³/mol. The molecule has 0 aliphatic heterocycles. The van der Waals surface area contributed by atoms with Crippen LogP contribution in [0.1, 0.15) is 10.4 Å². The highest BCUT2D eigenvalue weighted by Crippen LogP contribution is 2.28. The summed E-state index contributed by atoms with van der Waals surface area (Å²) in [5, 5.41) is 0.505. The molecule has 2 aromatic rings. The molecule has 2 nitrogen and oxygen atoms in total. The number of benzene rings is 2. The quantitative estimate of drug-likeness (QED) is 0.790. The highest BCUT2D eigenvalue weighted by atomic mass is 35.5. The van der Waals surface area contributed by atoms with Crippen LogP contribution < -0.4 is 0 Å². The molecule has 0 saturated carbocycles. The number of halogens is 3. The van der Waals surface area contributed by atoms with Gasteiger partial charge in [-0.2, -0.15) is 0 Å². The molecule has 0 saturated heterocycles. The van der Waals surface area contributed by atoms with Gasteiger partial charge in [-0.25, -0.2) is 4.39 Å². The largest absolute Gasteiger partial charge is 0.293 e. The minimum atomic E-state index is -1.65. The van der Waals surface area contributed by atoms with E-state index in [9.17, 15) is 13.4 Å². The van der Waals surface area contributed by atoms with Gasteiger partial charge in [0, 0.05) is 5.56 Å². The summed E-state index contributed by atoms with van der Waals surface area (Å²) in [5.74, 6) is -1.05. The van der Waals surface area contributed by atoms with Crippen molar-refractivity contribution in [2.75, 3.05) is 5.75 Å². The van der Waals surface area contributed by atoms with Crippen molar-refractivity contribution in [3.05, 3.63) is 63.9 Å². The molecule has 6 heteroatoms. The van der Waals surface area contributed by atoms with E-state index in [0.717, 1.165) is 0 Å². The zero-order valence-corrected chi connectivity index (χ0v) is 12.4. The molecule has 0 aliphatic rings. The lowest BCUT2D eigenvalue weighted by molar-refractivity contribution is 0.102. The van der Waals surface area contributed by atoms with E-state index in [1.165, 1.54) is 24.3 Å². The van der Waals surface area contributed by atoms with Gasteiger partial charge in [-0.1, -0.05) is 29.3 Å². The predicted octanol–water partition coefficient (Wildman–Crippen LogP) is 4.12. The second-order valence-corrected chi connectivity index (χ2v) is 6.17. The first-order chi connectivity index (χ1) is 9.49. The third-order valence-corrected chi connectivity index (χ3v) is 4.85. The summed E-state index contributed by atoms with van der Waals surface area (Å²) in [7, 11) is -1.65. The Balaban J connectivity index is 2.20. The lowest BCUT2D eigenvalue weighted by Gasteiger charge is -2.06. The Hall–Kier alpha value is -1.23. The van der Waals surface area contributed by atoms with Crippen LogP contribution in [0.15, 0.2) is 47.4 Å². The Kier molecular flexibility index (Phi) is 4.91. The normalized spacial score (nSPS) is 12.2. The number of rotatable bonds is 4. The van der Waals surface area contributed by atoms with Crippen LogP contribution in [0, 0.1) is 5.82 Å². The SMILES string of the molecule is O=C(CS(=O)c1c(Cl)cccc1Cl)c1ccc(F)cc1. The number of ketones is 1. The minimum absolute atomic E-state index is 0.242. The molecule has 0 heterocycles. The molecule has 0 amide bonds. The van der Waals surface area contributed by atoms with Crippen LogP contribution in [-0.2, 0) is 10.8 Å². The summed E-state index contributed by atoms with van der Waals surface area (Å²) in [4.78, 5) is 12.2. The average molecular weight is 331 g/mol. The standard InChI is InChI=1S/C14H9Cl2FO2S/c15-11-2-1-3-12(16)14(11)20(19)8-13(18)9-4-6-10(17)7-5-9/h1-7H,8H2. The molecule has 104 valence electrons. The van der Waals surface area contributed by atoms with E-state index in [1.54, 1.807) is 18.2 Å². The van der Waals surface area contributed by atoms with Gasteiger partial charge in [0.15, 0.2) is 5.78 Å². The van der Waals surface area contributed by atoms with Crippen molar-refractivity contribution in [1.82, 2.24) is 0 Å². The van der Waals surface area contributed by atoms with Crippen molar-refractivity contribution in [2.24, 2.45) is 0 Å². The average Bonchev–Trinajstić information content (AvgIpc) is 2.39. The van der Waals surface area contributed by atoms with Gasteiger partial charge in [-0.15, -0.1) is 0 Å². The van der Waals surface area contributed by atoms with Gasteiger partial charge in [0.1, 0.15) is 5.82 Å². The number of Topliss-reactive ketones (excluding diaryl/α,β-unsaturated/α-hetero) is 1. The Morgan fingerprint density at radius 1 is 1.05 bits per heavy atom. The fourth-order valence-corrected chi connectivity index (χ4v) is 3.64. The fraction of sp³-hybridized carbons (Fsp3) is 0.0714. The zero-order chi connectivity index (χ0) is 14.7. The number of carbonyl (C=O) groups is 1. The first kappa shape index (κ1) is 15.2. The van der Waals surface area contributed by atoms with Gasteiger partial charge < -0.3 is 0 Å². The maximum atomic E-state index is 12.8. The van der Waals surface area contributed by atoms with Gasteiger partial charge in [0.2, 0.25) is 0 Å². The van der Waals surface area contributed by atoms with Crippen LogP contribution >= 0.6 is 23.2 Å². The summed E-state index contributed by atoms with van der Waals surface area (Å²) in [5.41, 5.74) is 0.294. The van der Waals surface area contributed by atoms with Crippen LogP contribution in [-0.4, -0.2) is 15.7 Å². The Labute approximate surface area is 128 Å². The maximum absolute atomic E-state index is 12.8. The Morgan fingerprint density at radius 3 is 2.15 bits per heavy atom.